The van der Waals surface area contributed by atoms with Gasteiger partial charge < -0.3 is 5.32 Å². The van der Waals surface area contributed by atoms with Crippen molar-refractivity contribution in [2.24, 2.45) is 0 Å². The molecule has 0 atom stereocenters. The van der Waals surface area contributed by atoms with E-state index in [0.29, 0.717) is 13.1 Å². The Balaban J connectivity index is 1.56. The van der Waals surface area contributed by atoms with Crippen LogP contribution in [0.5, 0.6) is 0 Å². The zero-order valence-electron chi connectivity index (χ0n) is 21.0. The molecule has 1 amide bonds. The number of carbonyl (C=O) groups excluding carboxylic acids is 1. The van der Waals surface area contributed by atoms with Gasteiger partial charge in [0.25, 0.3) is 15.7 Å². The van der Waals surface area contributed by atoms with E-state index in [2.05, 4.69) is 5.32 Å². The summed E-state index contributed by atoms with van der Waals surface area (Å²) in [5, 5.41) is 14.1. The van der Waals surface area contributed by atoms with E-state index < -0.39 is 48.0 Å². The Kier molecular flexibility index (Phi) is 8.63. The number of benzene rings is 3. The fourth-order valence-corrected chi connectivity index (χ4v) is 7.42. The number of nitrogens with one attached hydrogen (secondary N) is 1. The Hall–Kier alpha value is -3.81. The fraction of sp³-hybridized carbons (Fsp3) is 0.269. The predicted octanol–water partition coefficient (Wildman–Crippen LogP) is 3.99. The van der Waals surface area contributed by atoms with E-state index in [0.717, 1.165) is 42.1 Å². The molecular formula is C26H28N4O7S2. The van der Waals surface area contributed by atoms with Gasteiger partial charge in [-0.05, 0) is 55.3 Å². The molecule has 0 spiro atoms. The van der Waals surface area contributed by atoms with Gasteiger partial charge in [0, 0.05) is 24.8 Å². The lowest BCUT2D eigenvalue weighted by Crippen LogP contribution is -2.38. The first-order valence-corrected chi connectivity index (χ1v) is 15.2. The first-order chi connectivity index (χ1) is 18.6. The molecule has 3 aromatic carbocycles. The number of amides is 1. The first-order valence-electron chi connectivity index (χ1n) is 12.3. The minimum atomic E-state index is -4.51. The van der Waals surface area contributed by atoms with Crippen molar-refractivity contribution in [2.75, 3.05) is 29.3 Å². The third-order valence-corrected chi connectivity index (χ3v) is 10.0. The second-order valence-electron chi connectivity index (χ2n) is 8.96. The Labute approximate surface area is 227 Å². The molecule has 0 aliphatic carbocycles. The molecule has 0 saturated carbocycles. The number of hydrogen-bond donors (Lipinski definition) is 1. The summed E-state index contributed by atoms with van der Waals surface area (Å²) >= 11 is 0. The van der Waals surface area contributed by atoms with Crippen LogP contribution in [0.1, 0.15) is 25.7 Å². The SMILES string of the molecule is O=C(CN(c1ccccc1)S(=O)(=O)c1ccccc1[N+](=O)[O-])Nc1ccc(S(=O)(=O)N2CCCCCC2)cc1. The maximum Gasteiger partial charge on any atom is 0.289 e. The first kappa shape index (κ1) is 28.2. The van der Waals surface area contributed by atoms with E-state index in [1.807, 2.05) is 0 Å². The van der Waals surface area contributed by atoms with E-state index in [-0.39, 0.29) is 16.3 Å². The summed E-state index contributed by atoms with van der Waals surface area (Å²) in [6.45, 7) is 0.251. The normalized spacial score (nSPS) is 14.8. The molecule has 1 fully saturated rings. The van der Waals surface area contributed by atoms with E-state index in [1.165, 1.54) is 52.8 Å². The van der Waals surface area contributed by atoms with Crippen molar-refractivity contribution in [2.45, 2.75) is 35.5 Å². The molecule has 0 radical (unpaired) electrons. The lowest BCUT2D eigenvalue weighted by molar-refractivity contribution is -0.387. The lowest BCUT2D eigenvalue weighted by atomic mass is 10.2. The highest BCUT2D eigenvalue weighted by molar-refractivity contribution is 7.93. The number of carbonyl (C=O) groups is 1. The minimum Gasteiger partial charge on any atom is -0.325 e. The minimum absolute atomic E-state index is 0.104. The maximum absolute atomic E-state index is 13.5. The quantitative estimate of drug-likeness (QED) is 0.301. The molecule has 13 heteroatoms. The summed E-state index contributed by atoms with van der Waals surface area (Å²) in [7, 11) is -8.18. The van der Waals surface area contributed by atoms with Gasteiger partial charge in [-0.15, -0.1) is 0 Å². The van der Waals surface area contributed by atoms with Crippen LogP contribution < -0.4 is 9.62 Å². The average molecular weight is 573 g/mol. The molecule has 1 aliphatic rings. The molecule has 11 nitrogen and oxygen atoms in total. The molecule has 1 saturated heterocycles. The lowest BCUT2D eigenvalue weighted by Gasteiger charge is -2.24. The summed E-state index contributed by atoms with van der Waals surface area (Å²) in [6, 6.07) is 18.4. The number of sulfonamides is 2. The summed E-state index contributed by atoms with van der Waals surface area (Å²) in [5.41, 5.74) is -0.198. The second kappa shape index (κ2) is 11.9. The number of hydrogen-bond acceptors (Lipinski definition) is 7. The van der Waals surface area contributed by atoms with Crippen molar-refractivity contribution >= 4 is 43.0 Å². The maximum atomic E-state index is 13.5. The van der Waals surface area contributed by atoms with Crippen LogP contribution in [0.4, 0.5) is 17.1 Å². The van der Waals surface area contributed by atoms with Gasteiger partial charge in [-0.2, -0.15) is 4.31 Å². The van der Waals surface area contributed by atoms with Crippen LogP contribution in [0, 0.1) is 10.1 Å². The Bertz CT molecular complexity index is 1540. The largest absolute Gasteiger partial charge is 0.325 e. The summed E-state index contributed by atoms with van der Waals surface area (Å²) in [4.78, 5) is 23.3. The zero-order chi connectivity index (χ0) is 28.0. The van der Waals surface area contributed by atoms with Crippen LogP contribution in [0.2, 0.25) is 0 Å². The molecule has 39 heavy (non-hydrogen) atoms. The highest BCUT2D eigenvalue weighted by Gasteiger charge is 2.33. The van der Waals surface area contributed by atoms with Crippen molar-refractivity contribution in [3.8, 4) is 0 Å². The third kappa shape index (κ3) is 6.44. The van der Waals surface area contributed by atoms with Crippen molar-refractivity contribution in [1.82, 2.24) is 4.31 Å². The smallest absolute Gasteiger partial charge is 0.289 e. The topological polar surface area (TPSA) is 147 Å². The van der Waals surface area contributed by atoms with Gasteiger partial charge in [-0.25, -0.2) is 16.8 Å². The number of para-hydroxylation sites is 2. The van der Waals surface area contributed by atoms with Gasteiger partial charge in [0.05, 0.1) is 15.5 Å². The molecule has 0 unspecified atom stereocenters. The number of nitro benzene ring substituents is 1. The Morgan fingerprint density at radius 1 is 0.846 bits per heavy atom. The van der Waals surface area contributed by atoms with Gasteiger partial charge >= 0.3 is 0 Å². The van der Waals surface area contributed by atoms with Crippen LogP contribution in [-0.4, -0.2) is 51.6 Å². The number of nitro groups is 1. The van der Waals surface area contributed by atoms with Crippen LogP contribution in [0.3, 0.4) is 0 Å². The molecule has 1 N–H and O–H groups in total. The van der Waals surface area contributed by atoms with Crippen molar-refractivity contribution < 1.29 is 26.6 Å². The molecule has 0 aromatic heterocycles. The number of anilines is 2. The number of nitrogens with zero attached hydrogens (tertiary/aromatic N) is 3. The highest BCUT2D eigenvalue weighted by Crippen LogP contribution is 2.30. The van der Waals surface area contributed by atoms with E-state index in [9.17, 15) is 31.7 Å². The van der Waals surface area contributed by atoms with Gasteiger partial charge in [-0.3, -0.25) is 19.2 Å². The Morgan fingerprint density at radius 2 is 1.44 bits per heavy atom. The summed E-state index contributed by atoms with van der Waals surface area (Å²) < 4.78 is 55.4. The standard InChI is InChI=1S/C26H28N4O7S2/c31-26(27-21-14-16-23(17-15-21)38(34,35)28-18-8-1-2-9-19-28)20-29(22-10-4-3-5-11-22)39(36,37)25-13-7-6-12-24(25)30(32)33/h3-7,10-17H,1-2,8-9,18-20H2,(H,27,31). The highest BCUT2D eigenvalue weighted by atomic mass is 32.2. The van der Waals surface area contributed by atoms with Crippen LogP contribution in [0.15, 0.2) is 88.7 Å². The molecule has 206 valence electrons. The van der Waals surface area contributed by atoms with Gasteiger partial charge in [0.1, 0.15) is 6.54 Å². The van der Waals surface area contributed by atoms with Crippen LogP contribution >= 0.6 is 0 Å². The summed E-state index contributed by atoms with van der Waals surface area (Å²) in [6.07, 6.45) is 3.59. The second-order valence-corrected chi connectivity index (χ2v) is 12.7. The van der Waals surface area contributed by atoms with Gasteiger partial charge in [0.15, 0.2) is 4.90 Å². The van der Waals surface area contributed by atoms with Crippen molar-refractivity contribution in [1.29, 1.82) is 0 Å². The Morgan fingerprint density at radius 3 is 2.05 bits per heavy atom. The molecule has 3 aromatic rings. The molecule has 1 heterocycles. The van der Waals surface area contributed by atoms with Crippen LogP contribution in [-0.2, 0) is 24.8 Å². The van der Waals surface area contributed by atoms with Crippen LogP contribution in [0.25, 0.3) is 0 Å². The van der Waals surface area contributed by atoms with Gasteiger partial charge in [-0.1, -0.05) is 43.2 Å². The average Bonchev–Trinajstić information content (AvgIpc) is 3.23. The monoisotopic (exact) mass is 572 g/mol. The molecule has 4 rings (SSSR count). The van der Waals surface area contributed by atoms with Crippen molar-refractivity contribution in [3.05, 3.63) is 89.0 Å². The zero-order valence-corrected chi connectivity index (χ0v) is 22.6. The third-order valence-electron chi connectivity index (χ3n) is 6.30. The van der Waals surface area contributed by atoms with E-state index in [1.54, 1.807) is 18.2 Å². The van der Waals surface area contributed by atoms with E-state index in [4.69, 9.17) is 0 Å². The molecule has 0 bridgehead atoms. The van der Waals surface area contributed by atoms with Gasteiger partial charge in [0.2, 0.25) is 15.9 Å². The molecule has 1 aliphatic heterocycles. The van der Waals surface area contributed by atoms with Crippen molar-refractivity contribution in [3.63, 3.8) is 0 Å². The van der Waals surface area contributed by atoms with E-state index >= 15 is 0 Å². The number of rotatable bonds is 9. The fourth-order valence-electron chi connectivity index (χ4n) is 4.33. The predicted molar refractivity (Wildman–Crippen MR) is 146 cm³/mol. The molecular weight excluding hydrogens is 544 g/mol. The summed E-state index contributed by atoms with van der Waals surface area (Å²) in [5.74, 6) is -0.718.